The molecule has 0 amide bonds. The van der Waals surface area contributed by atoms with Crippen molar-refractivity contribution >= 4 is 22.7 Å². The van der Waals surface area contributed by atoms with Crippen LogP contribution in [0.5, 0.6) is 0 Å². The number of rotatable bonds is 3. The van der Waals surface area contributed by atoms with Crippen molar-refractivity contribution in [1.29, 1.82) is 0 Å². The highest BCUT2D eigenvalue weighted by atomic mass is 15.3. The Balaban J connectivity index is 2.09. The molecular formula is C27H32BN. The third-order valence-electron chi connectivity index (χ3n) is 7.05. The van der Waals surface area contributed by atoms with E-state index in [2.05, 4.69) is 115 Å². The van der Waals surface area contributed by atoms with E-state index in [9.17, 15) is 0 Å². The lowest BCUT2D eigenvalue weighted by molar-refractivity contribution is -0.777. The summed E-state index contributed by atoms with van der Waals surface area (Å²) < 4.78 is 0.946. The summed E-state index contributed by atoms with van der Waals surface area (Å²) in [5.74, 6) is 0. The highest BCUT2D eigenvalue weighted by molar-refractivity contribution is 7.10. The Morgan fingerprint density at radius 3 is 1.38 bits per heavy atom. The Labute approximate surface area is 176 Å². The largest absolute Gasteiger partial charge is 0.505 e. The van der Waals surface area contributed by atoms with Crippen LogP contribution in [0.15, 0.2) is 78.4 Å². The lowest BCUT2D eigenvalue weighted by atomic mass is 9.21. The Kier molecular flexibility index (Phi) is 4.79. The summed E-state index contributed by atoms with van der Waals surface area (Å²) in [5, 5.41) is 0. The number of benzene rings is 3. The molecule has 148 valence electrons. The van der Waals surface area contributed by atoms with Gasteiger partial charge in [-0.2, -0.15) is 0 Å². The predicted octanol–water partition coefficient (Wildman–Crippen LogP) is 4.77. The van der Waals surface area contributed by atoms with Gasteiger partial charge in [-0.15, -0.1) is 16.4 Å². The third-order valence-corrected chi connectivity index (χ3v) is 7.05. The third kappa shape index (κ3) is 3.07. The van der Waals surface area contributed by atoms with Crippen molar-refractivity contribution < 1.29 is 4.39 Å². The fraction of sp³-hybridized carbons (Fsp3) is 0.259. The quantitative estimate of drug-likeness (QED) is 0.573. The SMILES string of the molecule is CC1=C(c2ccc(C)cc2)[B-](c2ccc(C)cc2)(c2ccc(C)cc2)[N+](C)(C)C1. The first kappa shape index (κ1) is 19.7. The molecule has 0 fully saturated rings. The van der Waals surface area contributed by atoms with Crippen LogP contribution in [-0.2, 0) is 0 Å². The van der Waals surface area contributed by atoms with E-state index < -0.39 is 6.28 Å². The van der Waals surface area contributed by atoms with Gasteiger partial charge in [0.15, 0.2) is 0 Å². The van der Waals surface area contributed by atoms with Crippen LogP contribution in [-0.4, -0.2) is 31.3 Å². The first-order chi connectivity index (χ1) is 13.8. The van der Waals surface area contributed by atoms with Crippen molar-refractivity contribution in [1.82, 2.24) is 0 Å². The molecule has 2 heteroatoms. The van der Waals surface area contributed by atoms with Gasteiger partial charge >= 0.3 is 0 Å². The molecule has 0 unspecified atom stereocenters. The molecule has 0 aromatic heterocycles. The summed E-state index contributed by atoms with van der Waals surface area (Å²) in [4.78, 5) is 0. The summed E-state index contributed by atoms with van der Waals surface area (Å²) in [6.45, 7) is 9.90. The van der Waals surface area contributed by atoms with Crippen LogP contribution < -0.4 is 10.9 Å². The summed E-state index contributed by atoms with van der Waals surface area (Å²) in [7, 11) is 4.81. The van der Waals surface area contributed by atoms with Gasteiger partial charge in [-0.3, -0.25) is 0 Å². The van der Waals surface area contributed by atoms with Gasteiger partial charge in [0.25, 0.3) is 6.28 Å². The number of aryl methyl sites for hydroxylation is 3. The van der Waals surface area contributed by atoms with E-state index in [0.717, 1.165) is 10.9 Å². The summed E-state index contributed by atoms with van der Waals surface area (Å²) in [5.41, 5.74) is 11.2. The van der Waals surface area contributed by atoms with Gasteiger partial charge < -0.3 is 4.39 Å². The Morgan fingerprint density at radius 2 is 0.966 bits per heavy atom. The maximum atomic E-state index is 2.41. The van der Waals surface area contributed by atoms with Crippen molar-refractivity contribution in [2.45, 2.75) is 27.7 Å². The average molecular weight is 381 g/mol. The number of quaternary nitrogens is 1. The lowest BCUT2D eigenvalue weighted by Crippen LogP contribution is -2.75. The van der Waals surface area contributed by atoms with Crippen LogP contribution in [0.1, 0.15) is 29.2 Å². The standard InChI is InChI=1S/C27H32BN/c1-20-7-13-24(14-8-20)27-23(4)19-29(5,6)28(27,25-15-9-21(2)10-16-25)26-17-11-22(3)12-18-26/h7-18H,19H2,1-6H3. The Hall–Kier alpha value is -2.58. The van der Waals surface area contributed by atoms with Crippen LogP contribution in [0.4, 0.5) is 0 Å². The summed E-state index contributed by atoms with van der Waals surface area (Å²) in [6.07, 6.45) is -1.16. The van der Waals surface area contributed by atoms with Gasteiger partial charge in [0.1, 0.15) is 0 Å². The molecule has 0 bridgehead atoms. The molecule has 0 N–H and O–H groups in total. The van der Waals surface area contributed by atoms with Crippen molar-refractivity contribution in [2.75, 3.05) is 20.6 Å². The second-order valence-electron chi connectivity index (χ2n) is 9.64. The Bertz CT molecular complexity index is 1010. The van der Waals surface area contributed by atoms with Gasteiger partial charge in [0.2, 0.25) is 0 Å². The minimum atomic E-state index is -1.16. The number of likely N-dealkylation sites (N-methyl/N-ethyl adjacent to an activating group) is 1. The molecule has 3 aromatic rings. The fourth-order valence-electron chi connectivity index (χ4n) is 5.78. The van der Waals surface area contributed by atoms with E-state index in [1.54, 1.807) is 0 Å². The first-order valence-corrected chi connectivity index (χ1v) is 10.7. The highest BCUT2D eigenvalue weighted by Gasteiger charge is 2.52. The predicted molar refractivity (Wildman–Crippen MR) is 128 cm³/mol. The van der Waals surface area contributed by atoms with E-state index in [1.165, 1.54) is 44.2 Å². The minimum absolute atomic E-state index is 0.946. The molecule has 1 heterocycles. The van der Waals surface area contributed by atoms with Crippen molar-refractivity contribution in [2.24, 2.45) is 0 Å². The number of nitrogens with zero attached hydrogens (tertiary/aromatic N) is 1. The summed E-state index contributed by atoms with van der Waals surface area (Å²) in [6, 6.07) is 27.7. The van der Waals surface area contributed by atoms with Gasteiger partial charge in [0, 0.05) is 14.1 Å². The topological polar surface area (TPSA) is 0 Å². The molecule has 0 radical (unpaired) electrons. The summed E-state index contributed by atoms with van der Waals surface area (Å²) >= 11 is 0. The average Bonchev–Trinajstić information content (AvgIpc) is 2.89. The molecule has 1 nitrogen and oxygen atoms in total. The Morgan fingerprint density at radius 1 is 0.586 bits per heavy atom. The number of hydrogen-bond acceptors (Lipinski definition) is 0. The second-order valence-corrected chi connectivity index (χ2v) is 9.64. The molecule has 3 aromatic carbocycles. The van der Waals surface area contributed by atoms with Crippen LogP contribution in [0.25, 0.3) is 5.47 Å². The van der Waals surface area contributed by atoms with Gasteiger partial charge in [0.05, 0.1) is 6.54 Å². The van der Waals surface area contributed by atoms with Crippen LogP contribution in [0.3, 0.4) is 0 Å². The van der Waals surface area contributed by atoms with E-state index in [0.29, 0.717) is 0 Å². The molecular weight excluding hydrogens is 349 g/mol. The smallest absolute Gasteiger partial charge is 0.291 e. The zero-order chi connectivity index (χ0) is 20.8. The fourth-order valence-corrected chi connectivity index (χ4v) is 5.78. The van der Waals surface area contributed by atoms with Crippen LogP contribution in [0, 0.1) is 20.8 Å². The van der Waals surface area contributed by atoms with E-state index >= 15 is 0 Å². The van der Waals surface area contributed by atoms with Crippen molar-refractivity contribution in [3.05, 3.63) is 101 Å². The number of hydrogen-bond donors (Lipinski definition) is 0. The van der Waals surface area contributed by atoms with Gasteiger partial charge in [-0.25, -0.2) is 0 Å². The van der Waals surface area contributed by atoms with E-state index in [4.69, 9.17) is 0 Å². The van der Waals surface area contributed by atoms with Crippen LogP contribution >= 0.6 is 0 Å². The molecule has 0 aliphatic carbocycles. The lowest BCUT2D eigenvalue weighted by Gasteiger charge is -2.54. The van der Waals surface area contributed by atoms with Crippen LogP contribution in [0.2, 0.25) is 0 Å². The van der Waals surface area contributed by atoms with Crippen molar-refractivity contribution in [3.63, 3.8) is 0 Å². The zero-order valence-corrected chi connectivity index (χ0v) is 18.7. The molecule has 4 rings (SSSR count). The molecule has 29 heavy (non-hydrogen) atoms. The molecule has 0 saturated heterocycles. The normalized spacial score (nSPS) is 17.6. The monoisotopic (exact) mass is 381 g/mol. The molecule has 1 aliphatic rings. The minimum Gasteiger partial charge on any atom is -0.505 e. The van der Waals surface area contributed by atoms with Gasteiger partial charge in [-0.1, -0.05) is 101 Å². The first-order valence-electron chi connectivity index (χ1n) is 10.7. The zero-order valence-electron chi connectivity index (χ0n) is 18.7. The molecule has 0 atom stereocenters. The van der Waals surface area contributed by atoms with Crippen molar-refractivity contribution in [3.8, 4) is 0 Å². The maximum Gasteiger partial charge on any atom is 0.291 e. The highest BCUT2D eigenvalue weighted by Crippen LogP contribution is 2.41. The molecule has 1 aliphatic heterocycles. The molecule has 0 saturated carbocycles. The second kappa shape index (κ2) is 7.04. The van der Waals surface area contributed by atoms with E-state index in [1.807, 2.05) is 0 Å². The van der Waals surface area contributed by atoms with Gasteiger partial charge in [-0.05, 0) is 27.7 Å². The van der Waals surface area contributed by atoms with E-state index in [-0.39, 0.29) is 0 Å². The molecule has 0 spiro atoms. The maximum absolute atomic E-state index is 2.41.